The van der Waals surface area contributed by atoms with E-state index in [1.165, 1.54) is 107 Å². The highest BCUT2D eigenvalue weighted by atomic mass is 15.3. The van der Waals surface area contributed by atoms with E-state index in [1.54, 1.807) is 0 Å². The molecule has 0 aromatic heterocycles. The average molecular weight is 850 g/mol. The Hall–Kier alpha value is -6.00. The van der Waals surface area contributed by atoms with Crippen LogP contribution in [0.5, 0.6) is 0 Å². The van der Waals surface area contributed by atoms with Crippen LogP contribution in [-0.4, -0.2) is 12.3 Å². The van der Waals surface area contributed by atoms with Crippen LogP contribution < -0.4 is 31.1 Å². The molecule has 0 N–H and O–H groups in total. The van der Waals surface area contributed by atoms with Crippen LogP contribution >= 0.6 is 0 Å². The van der Waals surface area contributed by atoms with Crippen molar-refractivity contribution in [3.05, 3.63) is 173 Å². The van der Waals surface area contributed by atoms with Gasteiger partial charge in [-0.15, -0.1) is 0 Å². The van der Waals surface area contributed by atoms with E-state index in [9.17, 15) is 0 Å². The van der Waals surface area contributed by atoms with Gasteiger partial charge in [0.2, 0.25) is 0 Å². The average Bonchev–Trinajstić information content (AvgIpc) is 3.39. The molecule has 326 valence electrons. The first-order chi connectivity index (χ1) is 30.8. The summed E-state index contributed by atoms with van der Waals surface area (Å²) in [4.78, 5) is 7.90. The molecular weight excluding hydrogens is 786 g/mol. The van der Waals surface area contributed by atoms with Gasteiger partial charge in [-0.05, 0) is 153 Å². The molecule has 0 saturated heterocycles. The Bertz CT molecular complexity index is 3050. The Balaban J connectivity index is 1.16. The number of hydrogen-bond acceptors (Lipinski definition) is 3. The van der Waals surface area contributed by atoms with E-state index < -0.39 is 0 Å². The fraction of sp³-hybridized carbons (Fsp3) is 0.311. The summed E-state index contributed by atoms with van der Waals surface area (Å²) in [5.74, 6) is 0. The number of benzene rings is 7. The number of aryl methyl sites for hydroxylation is 1. The molecule has 1 fully saturated rings. The molecule has 0 spiro atoms. The van der Waals surface area contributed by atoms with Gasteiger partial charge in [0.05, 0.1) is 11.2 Å². The minimum Gasteiger partial charge on any atom is -0.334 e. The minimum atomic E-state index is -0.0213. The zero-order valence-electron chi connectivity index (χ0n) is 40.7. The molecule has 1 saturated carbocycles. The van der Waals surface area contributed by atoms with Gasteiger partial charge in [-0.1, -0.05) is 154 Å². The van der Waals surface area contributed by atoms with Gasteiger partial charge < -0.3 is 14.7 Å². The molecule has 4 heteroatoms. The van der Waals surface area contributed by atoms with Crippen LogP contribution in [-0.2, 0) is 21.7 Å². The lowest BCUT2D eigenvalue weighted by Gasteiger charge is -2.56. The van der Waals surface area contributed by atoms with Crippen molar-refractivity contribution in [1.82, 2.24) is 0 Å². The summed E-state index contributed by atoms with van der Waals surface area (Å²) in [6.45, 7) is 28.3. The molecule has 0 amide bonds. The van der Waals surface area contributed by atoms with Crippen LogP contribution in [0, 0.1) is 6.92 Å². The highest BCUT2D eigenvalue weighted by Crippen LogP contribution is 2.65. The molecule has 3 heterocycles. The highest BCUT2D eigenvalue weighted by molar-refractivity contribution is 7.00. The minimum absolute atomic E-state index is 0.00224. The SMILES string of the molecule is Cc1cc2c3c(c1)N(c1ccc(C(C)(C)C)cc1-c1ccccc1)c1ccccc1B3c1ccc(N3c4ccc(C(C)(C)C)cc4C4(C)CCC34C)cc1N2c1ccc(C(C)(C)C)cc1. The Morgan fingerprint density at radius 3 is 1.68 bits per heavy atom. The third-order valence-electron chi connectivity index (χ3n) is 16.0. The topological polar surface area (TPSA) is 9.72 Å². The Kier molecular flexibility index (Phi) is 8.98. The lowest BCUT2D eigenvalue weighted by atomic mass is 9.33. The van der Waals surface area contributed by atoms with Crippen molar-refractivity contribution in [2.45, 2.75) is 123 Å². The van der Waals surface area contributed by atoms with Crippen molar-refractivity contribution in [2.24, 2.45) is 0 Å². The summed E-state index contributed by atoms with van der Waals surface area (Å²) in [6.07, 6.45) is 2.37. The molecule has 3 nitrogen and oxygen atoms in total. The lowest BCUT2D eigenvalue weighted by Crippen LogP contribution is -2.62. The smallest absolute Gasteiger partial charge is 0.252 e. The van der Waals surface area contributed by atoms with Crippen LogP contribution in [0.2, 0.25) is 0 Å². The van der Waals surface area contributed by atoms with E-state index in [-0.39, 0.29) is 33.9 Å². The van der Waals surface area contributed by atoms with E-state index in [0.717, 1.165) is 6.42 Å². The molecule has 2 unspecified atom stereocenters. The van der Waals surface area contributed by atoms with Gasteiger partial charge in [0.1, 0.15) is 0 Å². The summed E-state index contributed by atoms with van der Waals surface area (Å²) < 4.78 is 0. The van der Waals surface area contributed by atoms with Crippen molar-refractivity contribution in [3.8, 4) is 11.1 Å². The van der Waals surface area contributed by atoms with Crippen LogP contribution in [0.15, 0.2) is 146 Å². The Labute approximate surface area is 389 Å². The Morgan fingerprint density at radius 2 is 1.03 bits per heavy atom. The van der Waals surface area contributed by atoms with E-state index in [0.29, 0.717) is 0 Å². The number of anilines is 8. The van der Waals surface area contributed by atoms with Crippen molar-refractivity contribution in [1.29, 1.82) is 0 Å². The molecule has 4 aliphatic rings. The monoisotopic (exact) mass is 850 g/mol. The second-order valence-corrected chi connectivity index (χ2v) is 23.2. The van der Waals surface area contributed by atoms with Gasteiger partial charge >= 0.3 is 0 Å². The first kappa shape index (κ1) is 41.7. The fourth-order valence-corrected chi connectivity index (χ4v) is 11.9. The molecule has 7 aromatic rings. The quantitative estimate of drug-likeness (QED) is 0.163. The standard InChI is InChI=1S/C61H64BN3/c1-39-34-54-56-55(35-39)64(50-30-24-42(58(5,6)7)36-46(50)40-18-14-13-15-19-40)52-21-17-16-20-48(52)62(56)49-29-28-45(38-53(49)63(54)44-26-22-41(23-27-44)57(2,3)4)65-51-31-25-43(59(8,9)10)37-47(51)60(11)32-33-61(60,65)12/h13-31,34-38H,32-33H2,1-12H3. The summed E-state index contributed by atoms with van der Waals surface area (Å²) in [6, 6.07) is 56.5. The predicted octanol–water partition coefficient (Wildman–Crippen LogP) is 14.6. The largest absolute Gasteiger partial charge is 0.334 e. The van der Waals surface area contributed by atoms with E-state index in [4.69, 9.17) is 0 Å². The van der Waals surface area contributed by atoms with E-state index in [1.807, 2.05) is 0 Å². The van der Waals surface area contributed by atoms with Crippen molar-refractivity contribution >= 4 is 68.6 Å². The summed E-state index contributed by atoms with van der Waals surface area (Å²) in [7, 11) is 0. The van der Waals surface area contributed by atoms with Gasteiger partial charge in [-0.2, -0.15) is 0 Å². The predicted molar refractivity (Wildman–Crippen MR) is 280 cm³/mol. The molecule has 0 radical (unpaired) electrons. The summed E-state index contributed by atoms with van der Waals surface area (Å²) in [5.41, 5.74) is 23.5. The van der Waals surface area contributed by atoms with Crippen LogP contribution in [0.25, 0.3) is 11.1 Å². The fourth-order valence-electron chi connectivity index (χ4n) is 11.9. The number of hydrogen-bond donors (Lipinski definition) is 0. The van der Waals surface area contributed by atoms with E-state index in [2.05, 4.69) is 243 Å². The van der Waals surface area contributed by atoms with E-state index >= 15 is 0 Å². The van der Waals surface area contributed by atoms with Crippen molar-refractivity contribution in [2.75, 3.05) is 14.7 Å². The molecular formula is C61H64BN3. The first-order valence-corrected chi connectivity index (χ1v) is 24.0. The zero-order chi connectivity index (χ0) is 45.6. The summed E-state index contributed by atoms with van der Waals surface area (Å²) >= 11 is 0. The highest BCUT2D eigenvalue weighted by Gasteiger charge is 2.63. The molecule has 1 aliphatic carbocycles. The molecule has 7 aromatic carbocycles. The molecule has 2 atom stereocenters. The normalized spacial score (nSPS) is 19.6. The van der Waals surface area contributed by atoms with Crippen LogP contribution in [0.3, 0.4) is 0 Å². The molecule has 65 heavy (non-hydrogen) atoms. The molecule has 0 bridgehead atoms. The third kappa shape index (κ3) is 6.15. The molecule has 3 aliphatic heterocycles. The number of nitrogens with zero attached hydrogens (tertiary/aromatic N) is 3. The van der Waals surface area contributed by atoms with Gasteiger partial charge in [0, 0.05) is 50.8 Å². The maximum Gasteiger partial charge on any atom is 0.252 e. The number of para-hydroxylation sites is 1. The molecule has 11 rings (SSSR count). The van der Waals surface area contributed by atoms with Gasteiger partial charge in [0.15, 0.2) is 0 Å². The van der Waals surface area contributed by atoms with Gasteiger partial charge in [-0.3, -0.25) is 0 Å². The van der Waals surface area contributed by atoms with Gasteiger partial charge in [0.25, 0.3) is 6.71 Å². The zero-order valence-corrected chi connectivity index (χ0v) is 40.7. The maximum atomic E-state index is 2.72. The second kappa shape index (κ2) is 14.0. The second-order valence-electron chi connectivity index (χ2n) is 23.2. The maximum absolute atomic E-state index is 2.72. The lowest BCUT2D eigenvalue weighted by molar-refractivity contribution is 0.133. The van der Waals surface area contributed by atoms with Crippen LogP contribution in [0.1, 0.15) is 117 Å². The summed E-state index contributed by atoms with van der Waals surface area (Å²) in [5, 5.41) is 0. The van der Waals surface area contributed by atoms with Crippen molar-refractivity contribution in [3.63, 3.8) is 0 Å². The third-order valence-corrected chi connectivity index (χ3v) is 16.0. The van der Waals surface area contributed by atoms with Crippen molar-refractivity contribution < 1.29 is 0 Å². The number of fused-ring (bicyclic) bond motifs is 7. The van der Waals surface area contributed by atoms with Crippen LogP contribution in [0.4, 0.5) is 45.5 Å². The number of rotatable bonds is 4. The first-order valence-electron chi connectivity index (χ1n) is 24.0. The Morgan fingerprint density at radius 1 is 0.462 bits per heavy atom. The van der Waals surface area contributed by atoms with Gasteiger partial charge in [-0.25, -0.2) is 0 Å².